The minimum Gasteiger partial charge on any atom is -0.368 e. The maximum atomic E-state index is 12.5. The van der Waals surface area contributed by atoms with Crippen LogP contribution in [0.5, 0.6) is 0 Å². The highest BCUT2D eigenvalue weighted by molar-refractivity contribution is 5.92. The third-order valence-electron chi connectivity index (χ3n) is 6.40. The lowest BCUT2D eigenvalue weighted by Crippen LogP contribution is -2.48. The number of nitrogens with zero attached hydrogens (tertiary/aromatic N) is 2. The molecule has 2 rings (SSSR count). The molecule has 2 amide bonds. The normalized spacial score (nSPS) is 15.1. The van der Waals surface area contributed by atoms with E-state index in [0.29, 0.717) is 12.3 Å². The Hall–Kier alpha value is -2.04. The number of rotatable bonds is 13. The molecule has 1 saturated heterocycles. The number of carbonyl (C=O) groups is 2. The van der Waals surface area contributed by atoms with Crippen LogP contribution in [0, 0.1) is 5.92 Å². The number of carbonyl (C=O) groups excluding carboxylic acids is 2. The van der Waals surface area contributed by atoms with Crippen LogP contribution in [-0.2, 0) is 9.59 Å². The predicted molar refractivity (Wildman–Crippen MR) is 131 cm³/mol. The molecule has 0 radical (unpaired) electrons. The molecule has 0 aliphatic carbocycles. The average Bonchev–Trinajstić information content (AvgIpc) is 2.80. The molecule has 1 atom stereocenters. The Bertz CT molecular complexity index is 651. The summed E-state index contributed by atoms with van der Waals surface area (Å²) in [7, 11) is 0. The highest BCUT2D eigenvalue weighted by atomic mass is 16.2. The van der Waals surface area contributed by atoms with E-state index in [1.54, 1.807) is 0 Å². The molecule has 0 aromatic heterocycles. The van der Waals surface area contributed by atoms with Gasteiger partial charge in [-0.2, -0.15) is 0 Å². The van der Waals surface area contributed by atoms with Crippen molar-refractivity contribution in [1.82, 2.24) is 4.90 Å². The van der Waals surface area contributed by atoms with E-state index in [4.69, 9.17) is 0 Å². The number of amides is 2. The van der Waals surface area contributed by atoms with Crippen molar-refractivity contribution in [2.75, 3.05) is 36.4 Å². The first-order chi connectivity index (χ1) is 15.1. The Morgan fingerprint density at radius 1 is 0.871 bits per heavy atom. The second-order valence-corrected chi connectivity index (χ2v) is 8.82. The van der Waals surface area contributed by atoms with Gasteiger partial charge in [-0.3, -0.25) is 9.59 Å². The van der Waals surface area contributed by atoms with E-state index in [0.717, 1.165) is 69.7 Å². The lowest BCUT2D eigenvalue weighted by Gasteiger charge is -2.36. The van der Waals surface area contributed by atoms with E-state index in [9.17, 15) is 9.59 Å². The predicted octanol–water partition coefficient (Wildman–Crippen LogP) is 5.85. The number of nitrogens with one attached hydrogen (secondary N) is 1. The molecule has 1 aromatic rings. The molecule has 1 aliphatic rings. The maximum Gasteiger partial charge on any atom is 0.227 e. The van der Waals surface area contributed by atoms with Crippen LogP contribution in [-0.4, -0.2) is 42.9 Å². The number of unbranched alkanes of at least 4 members (excludes halogenated alkanes) is 5. The van der Waals surface area contributed by atoms with E-state index in [2.05, 4.69) is 43.1 Å². The standard InChI is InChI=1S/C26H43N3O2/c1-4-7-9-10-11-13-25(30)29-20-18-28(19-21-29)24-16-14-23(15-17-24)27-26(31)22(6-3)12-8-5-2/h14-17,22H,4-13,18-21H2,1-3H3,(H,27,31). The third kappa shape index (κ3) is 8.54. The molecular weight excluding hydrogens is 386 g/mol. The van der Waals surface area contributed by atoms with Crippen LogP contribution in [0.15, 0.2) is 24.3 Å². The number of hydrogen-bond donors (Lipinski definition) is 1. The summed E-state index contributed by atoms with van der Waals surface area (Å²) in [5.41, 5.74) is 2.02. The number of piperazine rings is 1. The van der Waals surface area contributed by atoms with Crippen molar-refractivity contribution >= 4 is 23.2 Å². The largest absolute Gasteiger partial charge is 0.368 e. The Kier molecular flexibility index (Phi) is 11.5. The van der Waals surface area contributed by atoms with Gasteiger partial charge >= 0.3 is 0 Å². The van der Waals surface area contributed by atoms with Gasteiger partial charge in [0.1, 0.15) is 0 Å². The molecule has 1 heterocycles. The Morgan fingerprint density at radius 2 is 1.52 bits per heavy atom. The Morgan fingerprint density at radius 3 is 2.13 bits per heavy atom. The minimum atomic E-state index is 0.0943. The summed E-state index contributed by atoms with van der Waals surface area (Å²) in [5.74, 6) is 0.533. The lowest BCUT2D eigenvalue weighted by atomic mass is 9.98. The second kappa shape index (κ2) is 14.1. The van der Waals surface area contributed by atoms with Gasteiger partial charge in [-0.15, -0.1) is 0 Å². The van der Waals surface area contributed by atoms with Crippen LogP contribution in [0.2, 0.25) is 0 Å². The zero-order chi connectivity index (χ0) is 22.5. The molecule has 31 heavy (non-hydrogen) atoms. The summed E-state index contributed by atoms with van der Waals surface area (Å²) in [5, 5.41) is 3.08. The first kappa shape index (κ1) is 25.2. The second-order valence-electron chi connectivity index (χ2n) is 8.82. The van der Waals surface area contributed by atoms with Crippen LogP contribution in [0.4, 0.5) is 11.4 Å². The van der Waals surface area contributed by atoms with E-state index >= 15 is 0 Å². The fraction of sp³-hybridized carbons (Fsp3) is 0.692. The van der Waals surface area contributed by atoms with Crippen molar-refractivity contribution in [3.05, 3.63) is 24.3 Å². The smallest absolute Gasteiger partial charge is 0.227 e. The molecule has 174 valence electrons. The van der Waals surface area contributed by atoms with Gasteiger partial charge < -0.3 is 15.1 Å². The monoisotopic (exact) mass is 429 g/mol. The number of hydrogen-bond acceptors (Lipinski definition) is 3. The van der Waals surface area contributed by atoms with E-state index in [1.165, 1.54) is 25.7 Å². The van der Waals surface area contributed by atoms with Crippen molar-refractivity contribution in [3.8, 4) is 0 Å². The van der Waals surface area contributed by atoms with Crippen LogP contribution in [0.25, 0.3) is 0 Å². The first-order valence-electron chi connectivity index (χ1n) is 12.5. The summed E-state index contributed by atoms with van der Waals surface area (Å²) in [4.78, 5) is 29.3. The van der Waals surface area contributed by atoms with Crippen molar-refractivity contribution in [3.63, 3.8) is 0 Å². The van der Waals surface area contributed by atoms with Crippen LogP contribution >= 0.6 is 0 Å². The van der Waals surface area contributed by atoms with Gasteiger partial charge in [-0.1, -0.05) is 59.3 Å². The highest BCUT2D eigenvalue weighted by Gasteiger charge is 2.21. The Labute approximate surface area is 189 Å². The van der Waals surface area contributed by atoms with Crippen molar-refractivity contribution < 1.29 is 9.59 Å². The van der Waals surface area contributed by atoms with E-state index in [1.807, 2.05) is 17.0 Å². The van der Waals surface area contributed by atoms with Crippen molar-refractivity contribution in [2.45, 2.75) is 85.0 Å². The average molecular weight is 430 g/mol. The van der Waals surface area contributed by atoms with Crippen LogP contribution < -0.4 is 10.2 Å². The van der Waals surface area contributed by atoms with Crippen molar-refractivity contribution in [2.24, 2.45) is 5.92 Å². The van der Waals surface area contributed by atoms with Crippen molar-refractivity contribution in [1.29, 1.82) is 0 Å². The summed E-state index contributed by atoms with van der Waals surface area (Å²) >= 11 is 0. The van der Waals surface area contributed by atoms with Gasteiger partial charge in [0.2, 0.25) is 11.8 Å². The summed E-state index contributed by atoms with van der Waals surface area (Å²) in [6.07, 6.45) is 10.7. The van der Waals surface area contributed by atoms with Gasteiger partial charge in [-0.05, 0) is 43.5 Å². The fourth-order valence-corrected chi connectivity index (χ4v) is 4.22. The Balaban J connectivity index is 1.76. The molecule has 1 unspecified atom stereocenters. The quantitative estimate of drug-likeness (QED) is 0.400. The molecule has 5 heteroatoms. The molecule has 0 saturated carbocycles. The minimum absolute atomic E-state index is 0.0943. The summed E-state index contributed by atoms with van der Waals surface area (Å²) in [6.45, 7) is 9.77. The molecular formula is C26H43N3O2. The van der Waals surface area contributed by atoms with Gasteiger partial charge in [-0.25, -0.2) is 0 Å². The van der Waals surface area contributed by atoms with Gasteiger partial charge in [0.25, 0.3) is 0 Å². The lowest BCUT2D eigenvalue weighted by molar-refractivity contribution is -0.131. The summed E-state index contributed by atoms with van der Waals surface area (Å²) in [6, 6.07) is 8.14. The molecule has 1 aliphatic heterocycles. The van der Waals surface area contributed by atoms with Gasteiger partial charge in [0.15, 0.2) is 0 Å². The summed E-state index contributed by atoms with van der Waals surface area (Å²) < 4.78 is 0. The molecule has 0 spiro atoms. The zero-order valence-electron chi connectivity index (χ0n) is 20.0. The molecule has 5 nitrogen and oxygen atoms in total. The van der Waals surface area contributed by atoms with E-state index in [-0.39, 0.29) is 11.8 Å². The maximum absolute atomic E-state index is 12.5. The molecule has 1 fully saturated rings. The number of benzene rings is 1. The topological polar surface area (TPSA) is 52.7 Å². The zero-order valence-corrected chi connectivity index (χ0v) is 20.0. The molecule has 0 bridgehead atoms. The van der Waals surface area contributed by atoms with Gasteiger partial charge in [0, 0.05) is 49.9 Å². The first-order valence-corrected chi connectivity index (χ1v) is 12.5. The fourth-order valence-electron chi connectivity index (χ4n) is 4.22. The van der Waals surface area contributed by atoms with Crippen LogP contribution in [0.3, 0.4) is 0 Å². The highest BCUT2D eigenvalue weighted by Crippen LogP contribution is 2.22. The number of anilines is 2. The van der Waals surface area contributed by atoms with Gasteiger partial charge in [0.05, 0.1) is 0 Å². The molecule has 1 aromatic carbocycles. The SMILES string of the molecule is CCCCCCCC(=O)N1CCN(c2ccc(NC(=O)C(CC)CCCC)cc2)CC1. The van der Waals surface area contributed by atoms with Crippen LogP contribution in [0.1, 0.15) is 85.0 Å². The third-order valence-corrected chi connectivity index (χ3v) is 6.40. The van der Waals surface area contributed by atoms with E-state index < -0.39 is 0 Å². The molecule has 1 N–H and O–H groups in total.